The predicted molar refractivity (Wildman–Crippen MR) is 99.9 cm³/mol. The van der Waals surface area contributed by atoms with Crippen LogP contribution in [0.5, 0.6) is 0 Å². The molecule has 1 amide bonds. The molecule has 4 rings (SSSR count). The Balaban J connectivity index is 1.51. The fourth-order valence-electron chi connectivity index (χ4n) is 3.42. The Morgan fingerprint density at radius 3 is 2.74 bits per heavy atom. The number of ether oxygens (including phenoxy) is 1. The molecule has 1 atom stereocenters. The third-order valence-electron chi connectivity index (χ3n) is 4.66. The smallest absolute Gasteiger partial charge is 0.351 e. The monoisotopic (exact) mass is 363 g/mol. The number of rotatable bonds is 3. The van der Waals surface area contributed by atoms with Gasteiger partial charge in [0.1, 0.15) is 11.1 Å². The molecule has 136 valence electrons. The van der Waals surface area contributed by atoms with Gasteiger partial charge in [0.2, 0.25) is 0 Å². The highest BCUT2D eigenvalue weighted by atomic mass is 16.5. The van der Waals surface area contributed by atoms with Crippen LogP contribution in [-0.4, -0.2) is 24.5 Å². The highest BCUT2D eigenvalue weighted by molar-refractivity contribution is 5.99. The van der Waals surface area contributed by atoms with E-state index in [0.29, 0.717) is 11.0 Å². The number of carbonyl (C=O) groups excluding carboxylic acids is 2. The van der Waals surface area contributed by atoms with Crippen LogP contribution in [0, 0.1) is 0 Å². The van der Waals surface area contributed by atoms with Gasteiger partial charge in [0.25, 0.3) is 5.91 Å². The fraction of sp³-hybridized carbons (Fsp3) is 0.190. The standard InChI is InChI=1S/C21H17NO5/c1-13-10-14-6-2-4-8-17(14)22(13)19(23)12-26-20(24)16-11-15-7-3-5-9-18(15)27-21(16)25/h2-9,11,13H,10,12H2,1H3. The number of hydrogen-bond donors (Lipinski definition) is 0. The van der Waals surface area contributed by atoms with Gasteiger partial charge in [0.15, 0.2) is 6.61 Å². The summed E-state index contributed by atoms with van der Waals surface area (Å²) in [5.41, 5.74) is 1.29. The quantitative estimate of drug-likeness (QED) is 0.528. The zero-order valence-electron chi connectivity index (χ0n) is 14.7. The SMILES string of the molecule is CC1Cc2ccccc2N1C(=O)COC(=O)c1cc2ccccc2oc1=O. The Morgan fingerprint density at radius 2 is 1.89 bits per heavy atom. The van der Waals surface area contributed by atoms with Gasteiger partial charge in [-0.1, -0.05) is 36.4 Å². The lowest BCUT2D eigenvalue weighted by Gasteiger charge is -2.22. The second-order valence-electron chi connectivity index (χ2n) is 6.51. The van der Waals surface area contributed by atoms with Crippen LogP contribution in [-0.2, 0) is 16.0 Å². The second kappa shape index (κ2) is 6.72. The van der Waals surface area contributed by atoms with Crippen molar-refractivity contribution in [1.82, 2.24) is 0 Å². The van der Waals surface area contributed by atoms with E-state index in [9.17, 15) is 14.4 Å². The molecule has 1 aromatic heterocycles. The van der Waals surface area contributed by atoms with Crippen molar-refractivity contribution in [2.75, 3.05) is 11.5 Å². The van der Waals surface area contributed by atoms with Gasteiger partial charge in [0, 0.05) is 17.1 Å². The molecule has 1 unspecified atom stereocenters. The van der Waals surface area contributed by atoms with E-state index in [1.165, 1.54) is 6.07 Å². The topological polar surface area (TPSA) is 76.8 Å². The molecular weight excluding hydrogens is 346 g/mol. The molecule has 0 saturated heterocycles. The minimum Gasteiger partial charge on any atom is -0.452 e. The van der Waals surface area contributed by atoms with Crippen LogP contribution in [0.1, 0.15) is 22.8 Å². The maximum atomic E-state index is 12.6. The van der Waals surface area contributed by atoms with Crippen molar-refractivity contribution < 1.29 is 18.7 Å². The van der Waals surface area contributed by atoms with Crippen LogP contribution >= 0.6 is 0 Å². The van der Waals surface area contributed by atoms with Gasteiger partial charge in [-0.3, -0.25) is 4.79 Å². The molecule has 3 aromatic rings. The molecule has 6 heteroatoms. The van der Waals surface area contributed by atoms with Crippen molar-refractivity contribution >= 4 is 28.5 Å². The van der Waals surface area contributed by atoms with Crippen LogP contribution < -0.4 is 10.5 Å². The molecule has 2 aromatic carbocycles. The van der Waals surface area contributed by atoms with E-state index in [-0.39, 0.29) is 17.5 Å². The molecule has 0 aliphatic carbocycles. The number of anilines is 1. The summed E-state index contributed by atoms with van der Waals surface area (Å²) in [6.45, 7) is 1.50. The van der Waals surface area contributed by atoms with Crippen molar-refractivity contribution in [2.24, 2.45) is 0 Å². The normalized spacial score (nSPS) is 15.6. The molecule has 2 heterocycles. The van der Waals surface area contributed by atoms with Gasteiger partial charge in [-0.15, -0.1) is 0 Å². The largest absolute Gasteiger partial charge is 0.452 e. The summed E-state index contributed by atoms with van der Waals surface area (Å²) in [6.07, 6.45) is 0.754. The number of carbonyl (C=O) groups is 2. The minimum atomic E-state index is -0.872. The van der Waals surface area contributed by atoms with Gasteiger partial charge in [-0.2, -0.15) is 0 Å². The lowest BCUT2D eigenvalue weighted by Crippen LogP contribution is -2.39. The van der Waals surface area contributed by atoms with E-state index < -0.39 is 18.2 Å². The highest BCUT2D eigenvalue weighted by Gasteiger charge is 2.31. The summed E-state index contributed by atoms with van der Waals surface area (Å²) >= 11 is 0. The van der Waals surface area contributed by atoms with Gasteiger partial charge >= 0.3 is 11.6 Å². The maximum Gasteiger partial charge on any atom is 0.351 e. The zero-order chi connectivity index (χ0) is 19.0. The van der Waals surface area contributed by atoms with Crippen molar-refractivity contribution in [3.05, 3.63) is 76.1 Å². The summed E-state index contributed by atoms with van der Waals surface area (Å²) < 4.78 is 10.2. The molecule has 0 fully saturated rings. The van der Waals surface area contributed by atoms with Gasteiger partial charge in [-0.05, 0) is 37.1 Å². The van der Waals surface area contributed by atoms with E-state index in [4.69, 9.17) is 9.15 Å². The number of benzene rings is 2. The Labute approximate surface area is 155 Å². The number of fused-ring (bicyclic) bond motifs is 2. The van der Waals surface area contributed by atoms with Crippen molar-refractivity contribution in [2.45, 2.75) is 19.4 Å². The Morgan fingerprint density at radius 1 is 1.15 bits per heavy atom. The first-order chi connectivity index (χ1) is 13.0. The van der Waals surface area contributed by atoms with Gasteiger partial charge < -0.3 is 14.1 Å². The van der Waals surface area contributed by atoms with Crippen LogP contribution in [0.15, 0.2) is 63.8 Å². The lowest BCUT2D eigenvalue weighted by molar-refractivity contribution is -0.122. The Hall–Kier alpha value is -3.41. The first kappa shape index (κ1) is 17.0. The van der Waals surface area contributed by atoms with E-state index in [1.807, 2.05) is 31.2 Å². The molecule has 27 heavy (non-hydrogen) atoms. The average Bonchev–Trinajstić information content (AvgIpc) is 3.01. The first-order valence-corrected chi connectivity index (χ1v) is 8.64. The maximum absolute atomic E-state index is 12.6. The molecule has 0 bridgehead atoms. The third kappa shape index (κ3) is 3.10. The predicted octanol–water partition coefficient (Wildman–Crippen LogP) is 2.93. The fourth-order valence-corrected chi connectivity index (χ4v) is 3.42. The van der Waals surface area contributed by atoms with Crippen molar-refractivity contribution in [3.8, 4) is 0 Å². The molecule has 0 radical (unpaired) electrons. The van der Waals surface area contributed by atoms with Crippen molar-refractivity contribution in [1.29, 1.82) is 0 Å². The summed E-state index contributed by atoms with van der Waals surface area (Å²) in [6, 6.07) is 15.9. The van der Waals surface area contributed by atoms with E-state index in [0.717, 1.165) is 17.7 Å². The summed E-state index contributed by atoms with van der Waals surface area (Å²) in [7, 11) is 0. The van der Waals surface area contributed by atoms with Crippen LogP contribution in [0.3, 0.4) is 0 Å². The van der Waals surface area contributed by atoms with E-state index in [1.54, 1.807) is 29.2 Å². The summed E-state index contributed by atoms with van der Waals surface area (Å²) in [4.78, 5) is 38.6. The summed E-state index contributed by atoms with van der Waals surface area (Å²) in [5.74, 6) is -1.20. The Kier molecular flexibility index (Phi) is 4.24. The van der Waals surface area contributed by atoms with E-state index >= 15 is 0 Å². The zero-order valence-corrected chi connectivity index (χ0v) is 14.7. The summed E-state index contributed by atoms with van der Waals surface area (Å²) in [5, 5.41) is 0.609. The van der Waals surface area contributed by atoms with Gasteiger partial charge in [-0.25, -0.2) is 9.59 Å². The number of nitrogens with zero attached hydrogens (tertiary/aromatic N) is 1. The van der Waals surface area contributed by atoms with Crippen molar-refractivity contribution in [3.63, 3.8) is 0 Å². The molecule has 0 N–H and O–H groups in total. The third-order valence-corrected chi connectivity index (χ3v) is 4.66. The molecule has 1 aliphatic heterocycles. The second-order valence-corrected chi connectivity index (χ2v) is 6.51. The number of esters is 1. The number of hydrogen-bond acceptors (Lipinski definition) is 5. The van der Waals surface area contributed by atoms with Crippen LogP contribution in [0.2, 0.25) is 0 Å². The molecule has 0 spiro atoms. The highest BCUT2D eigenvalue weighted by Crippen LogP contribution is 2.31. The minimum absolute atomic E-state index is 0.0145. The lowest BCUT2D eigenvalue weighted by atomic mass is 10.1. The molecule has 6 nitrogen and oxygen atoms in total. The number of amides is 1. The Bertz CT molecular complexity index is 1100. The number of para-hydroxylation sites is 2. The molecule has 1 aliphatic rings. The first-order valence-electron chi connectivity index (χ1n) is 8.64. The average molecular weight is 363 g/mol. The molecule has 0 saturated carbocycles. The van der Waals surface area contributed by atoms with Crippen LogP contribution in [0.25, 0.3) is 11.0 Å². The van der Waals surface area contributed by atoms with Gasteiger partial charge in [0.05, 0.1) is 0 Å². The van der Waals surface area contributed by atoms with E-state index in [2.05, 4.69) is 0 Å². The van der Waals surface area contributed by atoms with Crippen LogP contribution in [0.4, 0.5) is 5.69 Å². The molecular formula is C21H17NO5.